The highest BCUT2D eigenvalue weighted by molar-refractivity contribution is 5.93. The molecule has 0 unspecified atom stereocenters. The molecule has 0 radical (unpaired) electrons. The van der Waals surface area contributed by atoms with Gasteiger partial charge in [0, 0.05) is 48.7 Å². The number of carbonyl (C=O) groups is 5. The van der Waals surface area contributed by atoms with Gasteiger partial charge in [-0.15, -0.1) is 0 Å². The summed E-state index contributed by atoms with van der Waals surface area (Å²) in [5, 5.41) is 11.8. The Labute approximate surface area is 270 Å². The number of unbranched alkanes of at least 4 members (excludes halogenated alkanes) is 3. The Kier molecular flexibility index (Phi) is 15.0. The van der Waals surface area contributed by atoms with Crippen LogP contribution in [0.4, 0.5) is 0 Å². The molecule has 0 fully saturated rings. The predicted molar refractivity (Wildman–Crippen MR) is 176 cm³/mol. The first-order valence-electron chi connectivity index (χ1n) is 15.3. The van der Waals surface area contributed by atoms with Crippen LogP contribution in [-0.4, -0.2) is 84.2 Å². The number of nitrogens with zero attached hydrogens (tertiary/aromatic N) is 3. The van der Waals surface area contributed by atoms with E-state index in [1.54, 1.807) is 13.2 Å². The van der Waals surface area contributed by atoms with Crippen LogP contribution in [0.2, 0.25) is 0 Å². The van der Waals surface area contributed by atoms with Gasteiger partial charge in [-0.1, -0.05) is 25.5 Å². The first-order chi connectivity index (χ1) is 22.1. The summed E-state index contributed by atoms with van der Waals surface area (Å²) in [5.74, 6) is 0.00671. The van der Waals surface area contributed by atoms with Crippen molar-refractivity contribution in [1.29, 1.82) is 0 Å². The average molecular weight is 636 g/mol. The fourth-order valence-corrected chi connectivity index (χ4v) is 5.02. The second kappa shape index (κ2) is 18.4. The molecule has 1 N–H and O–H groups in total. The number of cyclic esters (lactones) is 1. The number of amides is 2. The minimum absolute atomic E-state index is 0.153. The Morgan fingerprint density at radius 1 is 1.11 bits per heavy atom. The van der Waals surface area contributed by atoms with Gasteiger partial charge in [0.15, 0.2) is 5.60 Å². The van der Waals surface area contributed by atoms with E-state index in [2.05, 4.69) is 6.92 Å². The number of fused-ring (bicyclic) bond motifs is 2. The van der Waals surface area contributed by atoms with Crippen LogP contribution in [0.5, 0.6) is 5.75 Å². The molecule has 3 heterocycles. The molecule has 248 valence electrons. The van der Waals surface area contributed by atoms with E-state index in [4.69, 9.17) is 14.5 Å². The number of hydrogen-bond acceptors (Lipinski definition) is 10. The monoisotopic (exact) mass is 635 g/mol. The number of pyridine rings is 1. The van der Waals surface area contributed by atoms with Crippen LogP contribution in [0, 0.1) is 0 Å². The van der Waals surface area contributed by atoms with E-state index in [0.29, 0.717) is 38.6 Å². The molecule has 2 aliphatic heterocycles. The molecule has 0 spiro atoms. The summed E-state index contributed by atoms with van der Waals surface area (Å²) in [6.45, 7) is 8.38. The largest absolute Gasteiger partial charge is 0.497 e. The number of rotatable bonds is 12. The Morgan fingerprint density at radius 3 is 2.37 bits per heavy atom. The van der Waals surface area contributed by atoms with Crippen LogP contribution in [0.1, 0.15) is 70.2 Å². The lowest BCUT2D eigenvalue weighted by Gasteiger charge is -2.29. The number of methoxy groups -OCH3 is 1. The quantitative estimate of drug-likeness (QED) is 0.155. The summed E-state index contributed by atoms with van der Waals surface area (Å²) in [6.07, 6.45) is 12.1. The summed E-state index contributed by atoms with van der Waals surface area (Å²) < 4.78 is 10.3. The van der Waals surface area contributed by atoms with Crippen molar-refractivity contribution in [2.75, 3.05) is 27.3 Å². The van der Waals surface area contributed by atoms with Crippen LogP contribution in [0.15, 0.2) is 47.6 Å². The smallest absolute Gasteiger partial charge is 0.342 e. The van der Waals surface area contributed by atoms with Crippen molar-refractivity contribution in [3.8, 4) is 5.75 Å². The zero-order valence-electron chi connectivity index (χ0n) is 27.6. The molecule has 1 aromatic carbocycles. The highest BCUT2D eigenvalue weighted by Gasteiger charge is 2.42. The third-order valence-electron chi connectivity index (χ3n) is 7.71. The second-order valence-electron chi connectivity index (χ2n) is 10.9. The minimum atomic E-state index is -1.90. The van der Waals surface area contributed by atoms with E-state index < -0.39 is 11.6 Å². The van der Waals surface area contributed by atoms with Crippen molar-refractivity contribution < 1.29 is 38.6 Å². The molecule has 0 saturated carbocycles. The van der Waals surface area contributed by atoms with Gasteiger partial charge in [-0.05, 0) is 69.9 Å². The van der Waals surface area contributed by atoms with Crippen LogP contribution in [-0.2, 0) is 41.7 Å². The normalized spacial score (nSPS) is 17.8. The number of aromatic nitrogens is 1. The maximum absolute atomic E-state index is 12.1. The zero-order valence-corrected chi connectivity index (χ0v) is 27.6. The first-order valence-corrected chi connectivity index (χ1v) is 15.3. The standard InChI is InChI=1S/C23H24N2O5.C8H13NO3.C4H8/c1-5-15-16-8-14(29-4)6-7-19(16)24-21-17(15)10-25(3)20(21)9-18-13(11-26)12-30-22(27)23(18,2)28;10-6-4-2-1-3-5-9(7-11)8-12;1-3-4-2/h6-9,11,28H,5,10,12H2,1-4H3;6-8H,1-5H2;3-4H,1-2H3/b20-9-;;4-3-/t23-;;/m0../s1. The highest BCUT2D eigenvalue weighted by atomic mass is 16.6. The first kappa shape index (κ1) is 37.5. The van der Waals surface area contributed by atoms with Crippen molar-refractivity contribution in [1.82, 2.24) is 14.8 Å². The summed E-state index contributed by atoms with van der Waals surface area (Å²) >= 11 is 0. The van der Waals surface area contributed by atoms with E-state index in [0.717, 1.165) is 70.5 Å². The molecule has 46 heavy (non-hydrogen) atoms. The fourth-order valence-electron chi connectivity index (χ4n) is 5.02. The molecule has 4 rings (SSSR count). The molecule has 1 aromatic heterocycles. The van der Waals surface area contributed by atoms with Gasteiger partial charge in [0.25, 0.3) is 0 Å². The van der Waals surface area contributed by atoms with Crippen molar-refractivity contribution in [2.45, 2.75) is 71.9 Å². The van der Waals surface area contributed by atoms with E-state index in [-0.39, 0.29) is 17.8 Å². The number of allylic oxidation sites excluding steroid dienone is 2. The Morgan fingerprint density at radius 2 is 1.80 bits per heavy atom. The molecule has 0 saturated heterocycles. The lowest BCUT2D eigenvalue weighted by molar-refractivity contribution is -0.160. The molecule has 0 bridgehead atoms. The molecule has 11 nitrogen and oxygen atoms in total. The molecule has 11 heteroatoms. The lowest BCUT2D eigenvalue weighted by atomic mass is 9.88. The number of aliphatic hydroxyl groups is 1. The third kappa shape index (κ3) is 9.20. The average Bonchev–Trinajstić information content (AvgIpc) is 3.38. The van der Waals surface area contributed by atoms with E-state index in [1.165, 1.54) is 12.5 Å². The van der Waals surface area contributed by atoms with E-state index in [1.807, 2.05) is 56.1 Å². The highest BCUT2D eigenvalue weighted by Crippen LogP contribution is 2.39. The zero-order chi connectivity index (χ0) is 34.3. The number of benzene rings is 1. The number of hydrogen-bond donors (Lipinski definition) is 1. The molecule has 2 aromatic rings. The van der Waals surface area contributed by atoms with E-state index >= 15 is 0 Å². The second-order valence-corrected chi connectivity index (χ2v) is 10.9. The van der Waals surface area contributed by atoms with Gasteiger partial charge in [0.2, 0.25) is 12.8 Å². The number of esters is 1. The summed E-state index contributed by atoms with van der Waals surface area (Å²) in [7, 11) is 3.57. The van der Waals surface area contributed by atoms with Crippen molar-refractivity contribution in [3.05, 3.63) is 64.4 Å². The van der Waals surface area contributed by atoms with Gasteiger partial charge < -0.3 is 24.3 Å². The number of carbonyl (C=O) groups excluding carboxylic acids is 5. The van der Waals surface area contributed by atoms with Crippen molar-refractivity contribution in [3.63, 3.8) is 0 Å². The van der Waals surface area contributed by atoms with Crippen LogP contribution < -0.4 is 4.74 Å². The molecular weight excluding hydrogens is 590 g/mol. The predicted octanol–water partition coefficient (Wildman–Crippen LogP) is 4.34. The van der Waals surface area contributed by atoms with Crippen molar-refractivity contribution in [2.24, 2.45) is 0 Å². The van der Waals surface area contributed by atoms with Crippen LogP contribution in [0.3, 0.4) is 0 Å². The summed E-state index contributed by atoms with van der Waals surface area (Å²) in [6, 6.07) is 5.80. The van der Waals surface area contributed by atoms with Gasteiger partial charge in [-0.2, -0.15) is 0 Å². The summed E-state index contributed by atoms with van der Waals surface area (Å²) in [4.78, 5) is 61.7. The molecule has 0 aliphatic carbocycles. The van der Waals surface area contributed by atoms with Gasteiger partial charge in [-0.3, -0.25) is 19.3 Å². The maximum atomic E-state index is 12.1. The van der Waals surface area contributed by atoms with Gasteiger partial charge >= 0.3 is 5.97 Å². The topological polar surface area (TPSA) is 143 Å². The third-order valence-corrected chi connectivity index (χ3v) is 7.71. The number of aryl methyl sites for hydroxylation is 1. The minimum Gasteiger partial charge on any atom is -0.497 e. The summed E-state index contributed by atoms with van der Waals surface area (Å²) in [5.41, 5.74) is 3.26. The van der Waals surface area contributed by atoms with Crippen LogP contribution >= 0.6 is 0 Å². The molecule has 1 atom stereocenters. The SMILES string of the molecule is C/C=C\C.CCc1c2c(nc3ccc(OC)cc13)/C(=C/C1=C(C=O)COC(=O)[C@@]1(C)O)N(C)C2.O=CCCCCCN(C=O)C=O. The molecule has 2 aliphatic rings. The van der Waals surface area contributed by atoms with E-state index in [9.17, 15) is 29.1 Å². The maximum Gasteiger partial charge on any atom is 0.342 e. The number of ether oxygens (including phenoxy) is 2. The fraction of sp³-hybridized carbons (Fsp3) is 0.429. The Balaban J connectivity index is 0.000000385. The Hall–Kier alpha value is -4.64. The lowest BCUT2D eigenvalue weighted by Crippen LogP contribution is -2.43. The molecule has 2 amide bonds. The van der Waals surface area contributed by atoms with Gasteiger partial charge in [0.05, 0.1) is 24.0 Å². The molecular formula is C35H45N3O8. The van der Waals surface area contributed by atoms with Crippen LogP contribution in [0.25, 0.3) is 16.6 Å². The van der Waals surface area contributed by atoms with Gasteiger partial charge in [-0.25, -0.2) is 9.78 Å². The number of imide groups is 1. The number of aldehydes is 2. The van der Waals surface area contributed by atoms with Gasteiger partial charge in [0.1, 0.15) is 24.9 Å². The van der Waals surface area contributed by atoms with Crippen molar-refractivity contribution >= 4 is 48.0 Å². The Bertz CT molecular complexity index is 1480.